The number of hydrogen-bond donors (Lipinski definition) is 1. The maximum atomic E-state index is 6.20. The van der Waals surface area contributed by atoms with E-state index >= 15 is 0 Å². The number of fused-ring (bicyclic) bond motifs is 2. The first-order valence-electron chi connectivity index (χ1n) is 6.53. The van der Waals surface area contributed by atoms with Crippen LogP contribution in [0.4, 0.5) is 0 Å². The van der Waals surface area contributed by atoms with Crippen LogP contribution in [0, 0.1) is 0 Å². The lowest BCUT2D eigenvalue weighted by Crippen LogP contribution is -2.44. The Morgan fingerprint density at radius 3 is 2.67 bits per heavy atom. The van der Waals surface area contributed by atoms with Crippen molar-refractivity contribution in [2.24, 2.45) is 5.73 Å². The predicted molar refractivity (Wildman–Crippen MR) is 66.5 cm³/mol. The van der Waals surface area contributed by atoms with E-state index in [1.807, 2.05) is 0 Å². The van der Waals surface area contributed by atoms with Crippen LogP contribution in [0.3, 0.4) is 0 Å². The van der Waals surface area contributed by atoms with Crippen LogP contribution in [-0.2, 0) is 10.3 Å². The summed E-state index contributed by atoms with van der Waals surface area (Å²) in [6.45, 7) is 0. The molecule has 0 aromatic carbocycles. The molecule has 1 aromatic heterocycles. The lowest BCUT2D eigenvalue weighted by atomic mass is 9.77. The zero-order valence-corrected chi connectivity index (χ0v) is 11.0. The van der Waals surface area contributed by atoms with Crippen LogP contribution in [0.5, 0.6) is 0 Å². The molecule has 1 aromatic rings. The Kier molecular flexibility index (Phi) is 2.88. The molecular formula is C12H18ClN3O2. The zero-order valence-electron chi connectivity index (χ0n) is 10.2. The van der Waals surface area contributed by atoms with E-state index in [0.29, 0.717) is 24.0 Å². The van der Waals surface area contributed by atoms with Crippen molar-refractivity contribution in [1.29, 1.82) is 0 Å². The molecule has 2 N–H and O–H groups in total. The molecule has 1 aliphatic carbocycles. The Hall–Kier alpha value is -0.650. The molecule has 3 aliphatic rings. The Morgan fingerprint density at radius 2 is 2.11 bits per heavy atom. The van der Waals surface area contributed by atoms with Crippen LogP contribution >= 0.6 is 12.4 Å². The second-order valence-electron chi connectivity index (χ2n) is 5.68. The highest BCUT2D eigenvalue weighted by Gasteiger charge is 2.45. The van der Waals surface area contributed by atoms with Crippen molar-refractivity contribution < 1.29 is 9.26 Å². The molecule has 2 aliphatic heterocycles. The average Bonchev–Trinajstić information content (AvgIpc) is 3.00. The quantitative estimate of drug-likeness (QED) is 0.889. The van der Waals surface area contributed by atoms with E-state index in [1.54, 1.807) is 0 Å². The van der Waals surface area contributed by atoms with Crippen molar-refractivity contribution in [3.8, 4) is 0 Å². The second kappa shape index (κ2) is 4.18. The Morgan fingerprint density at radius 1 is 1.28 bits per heavy atom. The van der Waals surface area contributed by atoms with Gasteiger partial charge in [0.2, 0.25) is 5.89 Å². The molecule has 18 heavy (non-hydrogen) atoms. The number of aromatic nitrogens is 2. The fourth-order valence-electron chi connectivity index (χ4n) is 3.27. The molecule has 2 bridgehead atoms. The molecule has 6 heteroatoms. The van der Waals surface area contributed by atoms with Crippen molar-refractivity contribution in [2.45, 2.75) is 62.2 Å². The molecule has 1 saturated carbocycles. The lowest BCUT2D eigenvalue weighted by Gasteiger charge is -2.34. The highest BCUT2D eigenvalue weighted by atomic mass is 35.5. The minimum atomic E-state index is -0.319. The molecule has 3 fully saturated rings. The number of hydrogen-bond acceptors (Lipinski definition) is 5. The van der Waals surface area contributed by atoms with Gasteiger partial charge in [-0.05, 0) is 38.5 Å². The van der Waals surface area contributed by atoms with Gasteiger partial charge in [0.1, 0.15) is 0 Å². The highest BCUT2D eigenvalue weighted by Crippen LogP contribution is 2.45. The van der Waals surface area contributed by atoms with E-state index in [2.05, 4.69) is 10.1 Å². The number of ether oxygens (including phenoxy) is 1. The van der Waals surface area contributed by atoms with Gasteiger partial charge in [-0.2, -0.15) is 4.98 Å². The fourth-order valence-corrected chi connectivity index (χ4v) is 3.27. The van der Waals surface area contributed by atoms with Gasteiger partial charge in [-0.25, -0.2) is 0 Å². The number of nitrogens with two attached hydrogens (primary N) is 1. The molecule has 0 amide bonds. The monoisotopic (exact) mass is 271 g/mol. The fraction of sp³-hybridized carbons (Fsp3) is 0.833. The molecule has 4 rings (SSSR count). The smallest absolute Gasteiger partial charge is 0.232 e. The molecule has 3 unspecified atom stereocenters. The first-order valence-corrected chi connectivity index (χ1v) is 6.53. The molecular weight excluding hydrogens is 254 g/mol. The van der Waals surface area contributed by atoms with Gasteiger partial charge in [0.25, 0.3) is 0 Å². The summed E-state index contributed by atoms with van der Waals surface area (Å²) in [6.07, 6.45) is 7.16. The van der Waals surface area contributed by atoms with Crippen LogP contribution in [0.25, 0.3) is 0 Å². The second-order valence-corrected chi connectivity index (χ2v) is 5.68. The lowest BCUT2D eigenvalue weighted by molar-refractivity contribution is 0.0974. The summed E-state index contributed by atoms with van der Waals surface area (Å²) < 4.78 is 11.2. The first kappa shape index (κ1) is 12.4. The topological polar surface area (TPSA) is 74.2 Å². The summed E-state index contributed by atoms with van der Waals surface area (Å²) in [4.78, 5) is 4.52. The van der Waals surface area contributed by atoms with Gasteiger partial charge < -0.3 is 15.0 Å². The van der Waals surface area contributed by atoms with Gasteiger partial charge in [0, 0.05) is 0 Å². The van der Waals surface area contributed by atoms with Crippen LogP contribution in [-0.4, -0.2) is 22.3 Å². The number of nitrogens with zero attached hydrogens (tertiary/aromatic N) is 2. The Labute approximate surface area is 112 Å². The van der Waals surface area contributed by atoms with E-state index in [1.165, 1.54) is 6.42 Å². The largest absolute Gasteiger partial charge is 0.374 e. The summed E-state index contributed by atoms with van der Waals surface area (Å²) in [6, 6.07) is 0. The standard InChI is InChI=1S/C12H17N3O2.ClH/c13-12(4-1-5-12)11-14-10(17-15-11)8-6-7-2-3-9(8)16-7;/h7-9H,1-6,13H2;1H. The van der Waals surface area contributed by atoms with E-state index in [4.69, 9.17) is 15.0 Å². The minimum Gasteiger partial charge on any atom is -0.374 e. The van der Waals surface area contributed by atoms with Crippen LogP contribution in [0.2, 0.25) is 0 Å². The van der Waals surface area contributed by atoms with Crippen LogP contribution in [0.15, 0.2) is 4.52 Å². The molecule has 3 atom stereocenters. The van der Waals surface area contributed by atoms with Crippen LogP contribution in [0.1, 0.15) is 56.2 Å². The third-order valence-corrected chi connectivity index (χ3v) is 4.56. The predicted octanol–water partition coefficient (Wildman–Crippen LogP) is 1.86. The summed E-state index contributed by atoms with van der Waals surface area (Å²) in [5.74, 6) is 1.74. The average molecular weight is 272 g/mol. The third-order valence-electron chi connectivity index (χ3n) is 4.56. The Bertz CT molecular complexity index is 446. The molecule has 0 spiro atoms. The summed E-state index contributed by atoms with van der Waals surface area (Å²) in [5, 5.41) is 4.07. The van der Waals surface area contributed by atoms with E-state index in [9.17, 15) is 0 Å². The third kappa shape index (κ3) is 1.68. The first-order chi connectivity index (χ1) is 8.24. The molecule has 5 nitrogen and oxygen atoms in total. The summed E-state index contributed by atoms with van der Waals surface area (Å²) in [5.41, 5.74) is 5.88. The van der Waals surface area contributed by atoms with Gasteiger partial charge in [-0.3, -0.25) is 0 Å². The maximum Gasteiger partial charge on any atom is 0.232 e. The molecule has 0 radical (unpaired) electrons. The van der Waals surface area contributed by atoms with Gasteiger partial charge in [-0.1, -0.05) is 5.16 Å². The number of halogens is 1. The summed E-state index contributed by atoms with van der Waals surface area (Å²) in [7, 11) is 0. The highest BCUT2D eigenvalue weighted by molar-refractivity contribution is 5.85. The minimum absolute atomic E-state index is 0. The van der Waals surface area contributed by atoms with Crippen molar-refractivity contribution >= 4 is 12.4 Å². The number of rotatable bonds is 2. The van der Waals surface area contributed by atoms with E-state index in [0.717, 1.165) is 38.0 Å². The van der Waals surface area contributed by atoms with Gasteiger partial charge in [0.05, 0.1) is 23.7 Å². The van der Waals surface area contributed by atoms with Crippen molar-refractivity contribution in [3.63, 3.8) is 0 Å². The van der Waals surface area contributed by atoms with Crippen molar-refractivity contribution in [3.05, 3.63) is 11.7 Å². The van der Waals surface area contributed by atoms with Crippen molar-refractivity contribution in [1.82, 2.24) is 10.1 Å². The maximum absolute atomic E-state index is 6.20. The molecule has 3 heterocycles. The van der Waals surface area contributed by atoms with Crippen LogP contribution < -0.4 is 5.73 Å². The van der Waals surface area contributed by atoms with E-state index in [-0.39, 0.29) is 17.9 Å². The molecule has 100 valence electrons. The molecule has 2 saturated heterocycles. The summed E-state index contributed by atoms with van der Waals surface area (Å²) >= 11 is 0. The van der Waals surface area contributed by atoms with E-state index < -0.39 is 0 Å². The van der Waals surface area contributed by atoms with Gasteiger partial charge in [0.15, 0.2) is 5.82 Å². The normalized spacial score (nSPS) is 36.2. The zero-order chi connectivity index (χ0) is 11.5. The van der Waals surface area contributed by atoms with Gasteiger partial charge >= 0.3 is 0 Å². The van der Waals surface area contributed by atoms with Crippen molar-refractivity contribution in [2.75, 3.05) is 0 Å². The Balaban J connectivity index is 0.000001000. The van der Waals surface area contributed by atoms with Gasteiger partial charge in [-0.15, -0.1) is 12.4 Å². The SMILES string of the molecule is Cl.NC1(c2noc(C3CC4CCC3O4)n2)CCC1.